The highest BCUT2D eigenvalue weighted by molar-refractivity contribution is 5.85. The van der Waals surface area contributed by atoms with Crippen LogP contribution in [0.2, 0.25) is 0 Å². The Labute approximate surface area is 122 Å². The van der Waals surface area contributed by atoms with Crippen molar-refractivity contribution in [2.75, 3.05) is 6.61 Å². The number of benzene rings is 2. The van der Waals surface area contributed by atoms with Crippen molar-refractivity contribution in [3.05, 3.63) is 65.7 Å². The molecule has 0 aliphatic heterocycles. The van der Waals surface area contributed by atoms with Gasteiger partial charge in [0.2, 0.25) is 0 Å². The third kappa shape index (κ3) is 4.47. The van der Waals surface area contributed by atoms with Gasteiger partial charge >= 0.3 is 5.97 Å². The molecule has 0 saturated heterocycles. The molecule has 2 aromatic rings. The summed E-state index contributed by atoms with van der Waals surface area (Å²) in [6.07, 6.45) is 3.11. The van der Waals surface area contributed by atoms with E-state index < -0.39 is 5.97 Å². The molecule has 2 N–H and O–H groups in total. The first-order valence-electron chi connectivity index (χ1n) is 6.57. The highest BCUT2D eigenvalue weighted by Gasteiger charge is 2.04. The van der Waals surface area contributed by atoms with Crippen LogP contribution in [0.5, 0.6) is 11.5 Å². The second-order valence-electron chi connectivity index (χ2n) is 4.43. The van der Waals surface area contributed by atoms with Crippen molar-refractivity contribution in [2.45, 2.75) is 6.42 Å². The monoisotopic (exact) mass is 284 g/mol. The molecule has 2 aromatic carbocycles. The number of ether oxygens (including phenoxy) is 1. The Morgan fingerprint density at radius 2 is 1.95 bits per heavy atom. The van der Waals surface area contributed by atoms with Gasteiger partial charge in [0, 0.05) is 12.7 Å². The average Bonchev–Trinajstić information content (AvgIpc) is 2.48. The predicted octanol–water partition coefficient (Wildman–Crippen LogP) is 3.11. The van der Waals surface area contributed by atoms with Crippen LogP contribution in [0.15, 0.2) is 54.6 Å². The summed E-state index contributed by atoms with van der Waals surface area (Å²) in [7, 11) is 0. The van der Waals surface area contributed by atoms with Gasteiger partial charge in [-0.05, 0) is 41.8 Å². The summed E-state index contributed by atoms with van der Waals surface area (Å²) in [5.74, 6) is 0.313. The van der Waals surface area contributed by atoms with E-state index in [2.05, 4.69) is 0 Å². The van der Waals surface area contributed by atoms with Gasteiger partial charge in [0.05, 0.1) is 0 Å². The Balaban J connectivity index is 2.20. The van der Waals surface area contributed by atoms with Crippen LogP contribution in [-0.4, -0.2) is 22.8 Å². The fraction of sp³-hybridized carbons (Fsp3) is 0.118. The second kappa shape index (κ2) is 7.26. The maximum Gasteiger partial charge on any atom is 0.328 e. The number of para-hydroxylation sites is 1. The SMILES string of the molecule is O=C(O)/C=C/c1cccc(Oc2ccccc2CCO)c1. The number of aliphatic hydroxyl groups excluding tert-OH is 1. The van der Waals surface area contributed by atoms with Crippen LogP contribution in [0.25, 0.3) is 6.08 Å². The van der Waals surface area contributed by atoms with Crippen LogP contribution in [-0.2, 0) is 11.2 Å². The topological polar surface area (TPSA) is 66.8 Å². The van der Waals surface area contributed by atoms with Crippen molar-refractivity contribution in [1.82, 2.24) is 0 Å². The first-order valence-corrected chi connectivity index (χ1v) is 6.57. The Bertz CT molecular complexity index is 647. The molecule has 4 heteroatoms. The summed E-state index contributed by atoms with van der Waals surface area (Å²) in [5, 5.41) is 17.7. The van der Waals surface area contributed by atoms with E-state index >= 15 is 0 Å². The highest BCUT2D eigenvalue weighted by Crippen LogP contribution is 2.26. The largest absolute Gasteiger partial charge is 0.478 e. The molecular weight excluding hydrogens is 268 g/mol. The third-order valence-electron chi connectivity index (χ3n) is 2.86. The standard InChI is InChI=1S/C17H16O4/c18-11-10-14-5-1-2-7-16(14)21-15-6-3-4-13(12-15)8-9-17(19)20/h1-9,12,18H,10-11H2,(H,19,20)/b9-8+. The maximum atomic E-state index is 10.5. The lowest BCUT2D eigenvalue weighted by Gasteiger charge is -2.10. The van der Waals surface area contributed by atoms with Crippen LogP contribution >= 0.6 is 0 Å². The molecule has 0 atom stereocenters. The molecule has 4 nitrogen and oxygen atoms in total. The minimum atomic E-state index is -0.991. The van der Waals surface area contributed by atoms with Crippen LogP contribution in [0.4, 0.5) is 0 Å². The van der Waals surface area contributed by atoms with E-state index in [1.807, 2.05) is 24.3 Å². The molecular formula is C17H16O4. The van der Waals surface area contributed by atoms with E-state index in [9.17, 15) is 4.79 Å². The average molecular weight is 284 g/mol. The number of aliphatic hydroxyl groups is 1. The van der Waals surface area contributed by atoms with Gasteiger partial charge in [-0.1, -0.05) is 30.3 Å². The van der Waals surface area contributed by atoms with E-state index in [-0.39, 0.29) is 6.61 Å². The molecule has 108 valence electrons. The van der Waals surface area contributed by atoms with Crippen molar-refractivity contribution in [2.24, 2.45) is 0 Å². The molecule has 0 aliphatic rings. The molecule has 0 bridgehead atoms. The smallest absolute Gasteiger partial charge is 0.328 e. The summed E-state index contributed by atoms with van der Waals surface area (Å²) in [5.41, 5.74) is 1.67. The van der Waals surface area contributed by atoms with E-state index in [0.29, 0.717) is 17.9 Å². The molecule has 0 spiro atoms. The molecule has 0 amide bonds. The summed E-state index contributed by atoms with van der Waals surface area (Å²) in [6, 6.07) is 14.7. The molecule has 0 aliphatic carbocycles. The Kier molecular flexibility index (Phi) is 5.12. The van der Waals surface area contributed by atoms with E-state index in [1.54, 1.807) is 24.3 Å². The predicted molar refractivity (Wildman–Crippen MR) is 80.4 cm³/mol. The molecule has 0 heterocycles. The van der Waals surface area contributed by atoms with Crippen LogP contribution in [0.3, 0.4) is 0 Å². The van der Waals surface area contributed by atoms with Gasteiger partial charge in [-0.3, -0.25) is 0 Å². The zero-order valence-corrected chi connectivity index (χ0v) is 11.4. The van der Waals surface area contributed by atoms with Gasteiger partial charge in [-0.2, -0.15) is 0 Å². The Hall–Kier alpha value is -2.59. The zero-order valence-electron chi connectivity index (χ0n) is 11.4. The van der Waals surface area contributed by atoms with Crippen LogP contribution in [0.1, 0.15) is 11.1 Å². The third-order valence-corrected chi connectivity index (χ3v) is 2.86. The number of aliphatic carboxylic acids is 1. The van der Waals surface area contributed by atoms with Crippen molar-refractivity contribution in [1.29, 1.82) is 0 Å². The number of rotatable bonds is 6. The fourth-order valence-corrected chi connectivity index (χ4v) is 1.91. The number of hydrogen-bond donors (Lipinski definition) is 2. The quantitative estimate of drug-likeness (QED) is 0.800. The van der Waals surface area contributed by atoms with Gasteiger partial charge in [0.15, 0.2) is 0 Å². The molecule has 0 unspecified atom stereocenters. The van der Waals surface area contributed by atoms with E-state index in [1.165, 1.54) is 6.08 Å². The first kappa shape index (κ1) is 14.8. The van der Waals surface area contributed by atoms with Gasteiger partial charge in [-0.15, -0.1) is 0 Å². The van der Waals surface area contributed by atoms with Crippen molar-refractivity contribution < 1.29 is 19.7 Å². The van der Waals surface area contributed by atoms with Gasteiger partial charge in [-0.25, -0.2) is 4.79 Å². The van der Waals surface area contributed by atoms with Crippen LogP contribution < -0.4 is 4.74 Å². The number of carbonyl (C=O) groups is 1. The van der Waals surface area contributed by atoms with Gasteiger partial charge in [0.25, 0.3) is 0 Å². The normalized spacial score (nSPS) is 10.7. The Morgan fingerprint density at radius 1 is 1.14 bits per heavy atom. The molecule has 0 aromatic heterocycles. The van der Waals surface area contributed by atoms with Crippen molar-refractivity contribution in [3.63, 3.8) is 0 Å². The van der Waals surface area contributed by atoms with Gasteiger partial charge in [0.1, 0.15) is 11.5 Å². The van der Waals surface area contributed by atoms with Crippen molar-refractivity contribution >= 4 is 12.0 Å². The number of hydrogen-bond acceptors (Lipinski definition) is 3. The van der Waals surface area contributed by atoms with Crippen molar-refractivity contribution in [3.8, 4) is 11.5 Å². The molecule has 0 radical (unpaired) electrons. The minimum Gasteiger partial charge on any atom is -0.478 e. The molecule has 2 rings (SSSR count). The van der Waals surface area contributed by atoms with E-state index in [0.717, 1.165) is 17.2 Å². The first-order chi connectivity index (χ1) is 10.2. The Morgan fingerprint density at radius 3 is 2.71 bits per heavy atom. The highest BCUT2D eigenvalue weighted by atomic mass is 16.5. The maximum absolute atomic E-state index is 10.5. The minimum absolute atomic E-state index is 0.0573. The van der Waals surface area contributed by atoms with Crippen LogP contribution in [0, 0.1) is 0 Å². The second-order valence-corrected chi connectivity index (χ2v) is 4.43. The fourth-order valence-electron chi connectivity index (χ4n) is 1.91. The summed E-state index contributed by atoms with van der Waals surface area (Å²) < 4.78 is 5.82. The number of carboxylic acid groups (broad SMARTS) is 1. The summed E-state index contributed by atoms with van der Waals surface area (Å²) in [6.45, 7) is 0.0573. The lowest BCUT2D eigenvalue weighted by Crippen LogP contribution is -1.95. The number of carboxylic acids is 1. The lowest BCUT2D eigenvalue weighted by atomic mass is 10.1. The molecule has 0 fully saturated rings. The molecule has 21 heavy (non-hydrogen) atoms. The summed E-state index contributed by atoms with van der Waals surface area (Å²) >= 11 is 0. The van der Waals surface area contributed by atoms with Gasteiger partial charge < -0.3 is 14.9 Å². The van der Waals surface area contributed by atoms with E-state index in [4.69, 9.17) is 14.9 Å². The zero-order chi connectivity index (χ0) is 15.1. The molecule has 0 saturated carbocycles. The lowest BCUT2D eigenvalue weighted by molar-refractivity contribution is -0.131. The summed E-state index contributed by atoms with van der Waals surface area (Å²) in [4.78, 5) is 10.5.